The summed E-state index contributed by atoms with van der Waals surface area (Å²) in [6.45, 7) is 8.00. The van der Waals surface area contributed by atoms with E-state index in [1.54, 1.807) is 6.07 Å². The van der Waals surface area contributed by atoms with Gasteiger partial charge >= 0.3 is 0 Å². The van der Waals surface area contributed by atoms with Gasteiger partial charge < -0.3 is 4.98 Å². The third-order valence-corrected chi connectivity index (χ3v) is 5.40. The number of aromatic amines is 1. The third kappa shape index (κ3) is 4.54. The van der Waals surface area contributed by atoms with Crippen molar-refractivity contribution in [2.24, 2.45) is 0 Å². The van der Waals surface area contributed by atoms with Crippen LogP contribution in [0.1, 0.15) is 43.5 Å². The molecule has 31 heavy (non-hydrogen) atoms. The molecule has 0 atom stereocenters. The maximum absolute atomic E-state index is 12.7. The smallest absolute Gasteiger partial charge is 0.270 e. The summed E-state index contributed by atoms with van der Waals surface area (Å²) in [5.74, 6) is 0.719. The fraction of sp³-hybridized carbons (Fsp3) is 0.348. The Hall–Kier alpha value is -3.39. The van der Waals surface area contributed by atoms with Crippen LogP contribution in [0.2, 0.25) is 0 Å². The summed E-state index contributed by atoms with van der Waals surface area (Å²) < 4.78 is 0. The van der Waals surface area contributed by atoms with Gasteiger partial charge in [-0.1, -0.05) is 39.0 Å². The minimum Gasteiger partial charge on any atom is -0.310 e. The van der Waals surface area contributed by atoms with Crippen LogP contribution in [0.5, 0.6) is 0 Å². The monoisotopic (exact) mass is 419 g/mol. The number of H-pyrrole nitrogens is 1. The quantitative estimate of drug-likeness (QED) is 0.512. The lowest BCUT2D eigenvalue weighted by Crippen LogP contribution is -2.37. The molecule has 0 radical (unpaired) electrons. The fourth-order valence-corrected chi connectivity index (χ4v) is 3.71. The van der Waals surface area contributed by atoms with E-state index in [0.717, 1.165) is 23.8 Å². The number of hydrogen-bond acceptors (Lipinski definition) is 6. The number of rotatable bonds is 4. The number of fused-ring (bicyclic) bond motifs is 1. The highest BCUT2D eigenvalue weighted by Gasteiger charge is 2.25. The lowest BCUT2D eigenvalue weighted by atomic mass is 9.95. The number of nitrogens with zero attached hydrogens (tertiary/aromatic N) is 4. The minimum absolute atomic E-state index is 0.0405. The first-order valence-electron chi connectivity index (χ1n) is 10.3. The topological polar surface area (TPSA) is 105 Å². The summed E-state index contributed by atoms with van der Waals surface area (Å²) in [6.07, 6.45) is 0.715. The molecule has 2 aromatic heterocycles. The second kappa shape index (κ2) is 8.03. The lowest BCUT2D eigenvalue weighted by Gasteiger charge is -2.28. The standard InChI is InChI=1S/C23H25N5O3/c1-23(2,3)22-25-20-10-11-27(14-18(20)21(29)26-22)13-16-7-5-9-19(24-16)15-6-4-8-17(12-15)28(30)31/h4-9,12H,10-11,13-14H2,1-3H3,(H,25,26,29). The van der Waals surface area contributed by atoms with Gasteiger partial charge in [-0.3, -0.25) is 24.8 Å². The highest BCUT2D eigenvalue weighted by molar-refractivity contribution is 5.62. The zero-order valence-electron chi connectivity index (χ0n) is 17.9. The third-order valence-electron chi connectivity index (χ3n) is 5.40. The molecule has 3 heterocycles. The Kier molecular flexibility index (Phi) is 5.41. The number of hydrogen-bond donors (Lipinski definition) is 1. The Bertz CT molecular complexity index is 1200. The normalized spacial score (nSPS) is 14.3. The first-order chi connectivity index (χ1) is 14.7. The zero-order chi connectivity index (χ0) is 22.2. The Morgan fingerprint density at radius 3 is 2.68 bits per heavy atom. The molecule has 4 rings (SSSR count). The van der Waals surface area contributed by atoms with E-state index in [9.17, 15) is 14.9 Å². The van der Waals surface area contributed by atoms with Gasteiger partial charge in [-0.2, -0.15) is 0 Å². The first kappa shape index (κ1) is 20.9. The molecule has 1 aromatic carbocycles. The first-order valence-corrected chi connectivity index (χ1v) is 10.3. The van der Waals surface area contributed by atoms with Crippen LogP contribution < -0.4 is 5.56 Å². The van der Waals surface area contributed by atoms with Crippen LogP contribution in [0.4, 0.5) is 5.69 Å². The molecule has 1 N–H and O–H groups in total. The number of nitrogens with one attached hydrogen (secondary N) is 1. The van der Waals surface area contributed by atoms with Crippen LogP contribution in [0.15, 0.2) is 47.3 Å². The van der Waals surface area contributed by atoms with E-state index in [2.05, 4.69) is 9.88 Å². The maximum Gasteiger partial charge on any atom is 0.270 e. The molecule has 0 fully saturated rings. The van der Waals surface area contributed by atoms with E-state index in [4.69, 9.17) is 9.97 Å². The minimum atomic E-state index is -0.408. The van der Waals surface area contributed by atoms with E-state index < -0.39 is 4.92 Å². The molecular weight excluding hydrogens is 394 g/mol. The molecule has 0 saturated heterocycles. The summed E-state index contributed by atoms with van der Waals surface area (Å²) >= 11 is 0. The Morgan fingerprint density at radius 2 is 1.94 bits per heavy atom. The van der Waals surface area contributed by atoms with Crippen molar-refractivity contribution in [3.05, 3.63) is 85.7 Å². The molecule has 1 aliphatic rings. The van der Waals surface area contributed by atoms with Gasteiger partial charge in [0.2, 0.25) is 0 Å². The van der Waals surface area contributed by atoms with Gasteiger partial charge in [-0.25, -0.2) is 4.98 Å². The molecule has 8 heteroatoms. The number of pyridine rings is 1. The Labute approximate surface area is 180 Å². The lowest BCUT2D eigenvalue weighted by molar-refractivity contribution is -0.384. The molecular formula is C23H25N5O3. The molecule has 0 amide bonds. The van der Waals surface area contributed by atoms with Crippen molar-refractivity contribution >= 4 is 5.69 Å². The fourth-order valence-electron chi connectivity index (χ4n) is 3.71. The van der Waals surface area contributed by atoms with Crippen molar-refractivity contribution in [2.75, 3.05) is 6.54 Å². The predicted molar refractivity (Wildman–Crippen MR) is 118 cm³/mol. The molecule has 1 aliphatic heterocycles. The van der Waals surface area contributed by atoms with Crippen LogP contribution in [-0.2, 0) is 24.9 Å². The number of nitro benzene ring substituents is 1. The number of nitro groups is 1. The van der Waals surface area contributed by atoms with E-state index in [0.29, 0.717) is 36.3 Å². The predicted octanol–water partition coefficient (Wildman–Crippen LogP) is 3.60. The average Bonchev–Trinajstić information content (AvgIpc) is 2.73. The SMILES string of the molecule is CC(C)(C)c1nc2c(c(=O)[nH]1)CN(Cc1cccc(-c3cccc([N+](=O)[O-])c3)n1)CC2. The highest BCUT2D eigenvalue weighted by Crippen LogP contribution is 2.24. The van der Waals surface area contributed by atoms with Crippen molar-refractivity contribution in [1.29, 1.82) is 0 Å². The van der Waals surface area contributed by atoms with Crippen molar-refractivity contribution < 1.29 is 4.92 Å². The van der Waals surface area contributed by atoms with Crippen LogP contribution in [0.3, 0.4) is 0 Å². The number of benzene rings is 1. The molecule has 3 aromatic rings. The van der Waals surface area contributed by atoms with Crippen molar-refractivity contribution in [3.8, 4) is 11.3 Å². The number of aromatic nitrogens is 3. The Balaban J connectivity index is 1.54. The second-order valence-corrected chi connectivity index (χ2v) is 8.87. The van der Waals surface area contributed by atoms with E-state index in [-0.39, 0.29) is 16.7 Å². The molecule has 0 bridgehead atoms. The summed E-state index contributed by atoms with van der Waals surface area (Å²) in [6, 6.07) is 12.1. The van der Waals surface area contributed by atoms with Crippen molar-refractivity contribution in [2.45, 2.75) is 45.7 Å². The molecule has 0 unspecified atom stereocenters. The van der Waals surface area contributed by atoms with E-state index in [1.165, 1.54) is 12.1 Å². The summed E-state index contributed by atoms with van der Waals surface area (Å²) in [7, 11) is 0. The maximum atomic E-state index is 12.7. The average molecular weight is 419 g/mol. The van der Waals surface area contributed by atoms with Crippen LogP contribution in [0, 0.1) is 10.1 Å². The van der Waals surface area contributed by atoms with Crippen LogP contribution >= 0.6 is 0 Å². The van der Waals surface area contributed by atoms with Gasteiger partial charge in [-0.15, -0.1) is 0 Å². The molecule has 160 valence electrons. The van der Waals surface area contributed by atoms with Crippen molar-refractivity contribution in [1.82, 2.24) is 19.9 Å². The van der Waals surface area contributed by atoms with Gasteiger partial charge in [0.15, 0.2) is 0 Å². The Morgan fingerprint density at radius 1 is 1.16 bits per heavy atom. The van der Waals surface area contributed by atoms with Crippen LogP contribution in [0.25, 0.3) is 11.3 Å². The summed E-state index contributed by atoms with van der Waals surface area (Å²) in [5, 5.41) is 11.1. The number of non-ortho nitro benzene ring substituents is 1. The molecule has 0 spiro atoms. The second-order valence-electron chi connectivity index (χ2n) is 8.87. The van der Waals surface area contributed by atoms with E-state index in [1.807, 2.05) is 45.0 Å². The molecule has 0 aliphatic carbocycles. The van der Waals surface area contributed by atoms with Gasteiger partial charge in [0.05, 0.1) is 27.6 Å². The molecule has 0 saturated carbocycles. The summed E-state index contributed by atoms with van der Waals surface area (Å²) in [5.41, 5.74) is 3.60. The largest absolute Gasteiger partial charge is 0.310 e. The zero-order valence-corrected chi connectivity index (χ0v) is 17.9. The van der Waals surface area contributed by atoms with Gasteiger partial charge in [-0.05, 0) is 12.1 Å². The summed E-state index contributed by atoms with van der Waals surface area (Å²) in [4.78, 5) is 37.8. The highest BCUT2D eigenvalue weighted by atomic mass is 16.6. The molecule has 8 nitrogen and oxygen atoms in total. The van der Waals surface area contributed by atoms with Crippen molar-refractivity contribution in [3.63, 3.8) is 0 Å². The van der Waals surface area contributed by atoms with Gasteiger partial charge in [0, 0.05) is 49.2 Å². The van der Waals surface area contributed by atoms with Crippen LogP contribution in [-0.4, -0.2) is 31.3 Å². The van der Waals surface area contributed by atoms with Gasteiger partial charge in [0.25, 0.3) is 11.2 Å². The van der Waals surface area contributed by atoms with E-state index >= 15 is 0 Å². The van der Waals surface area contributed by atoms with Gasteiger partial charge in [0.1, 0.15) is 5.82 Å².